The van der Waals surface area contributed by atoms with Crippen molar-refractivity contribution in [2.24, 2.45) is 10.4 Å². The van der Waals surface area contributed by atoms with Gasteiger partial charge in [0.1, 0.15) is 0 Å². The zero-order valence-electron chi connectivity index (χ0n) is 10.1. The molecular formula is C12H22N2S. The second-order valence-electron chi connectivity index (χ2n) is 5.99. The smallest absolute Gasteiger partial charge is 0.156 e. The van der Waals surface area contributed by atoms with E-state index in [2.05, 4.69) is 26.1 Å². The normalized spacial score (nSPS) is 25.4. The van der Waals surface area contributed by atoms with Crippen molar-refractivity contribution in [3.63, 3.8) is 0 Å². The third kappa shape index (κ3) is 2.90. The number of nitrogens with zero attached hydrogens (tertiary/aromatic N) is 1. The number of thioether (sulfide) groups is 1. The average Bonchev–Trinajstić information content (AvgIpc) is 2.56. The van der Waals surface area contributed by atoms with Gasteiger partial charge in [-0.2, -0.15) is 0 Å². The first-order valence-corrected chi connectivity index (χ1v) is 6.93. The SMILES string of the molecule is CC(C)(C)NC1=NCC2(CCCC2)CS1. The van der Waals surface area contributed by atoms with Crippen molar-refractivity contribution in [1.82, 2.24) is 5.32 Å². The molecule has 1 spiro atoms. The van der Waals surface area contributed by atoms with Gasteiger partial charge in [-0.15, -0.1) is 0 Å². The molecule has 0 atom stereocenters. The molecule has 1 fully saturated rings. The summed E-state index contributed by atoms with van der Waals surface area (Å²) in [4.78, 5) is 4.72. The number of rotatable bonds is 0. The molecular weight excluding hydrogens is 204 g/mol. The van der Waals surface area contributed by atoms with Crippen molar-refractivity contribution >= 4 is 16.9 Å². The van der Waals surface area contributed by atoms with Crippen molar-refractivity contribution in [2.45, 2.75) is 52.0 Å². The standard InChI is InChI=1S/C12H22N2S/c1-11(2,3)14-10-13-8-12(9-15-10)6-4-5-7-12/h4-9H2,1-3H3,(H,13,14). The summed E-state index contributed by atoms with van der Waals surface area (Å²) in [5, 5.41) is 4.63. The number of hydrogen-bond acceptors (Lipinski definition) is 3. The van der Waals surface area contributed by atoms with Crippen LogP contribution in [-0.4, -0.2) is 23.0 Å². The Morgan fingerprint density at radius 1 is 1.27 bits per heavy atom. The molecule has 1 saturated carbocycles. The summed E-state index contributed by atoms with van der Waals surface area (Å²) in [6.45, 7) is 7.63. The summed E-state index contributed by atoms with van der Waals surface area (Å²) in [7, 11) is 0. The molecule has 1 aliphatic carbocycles. The van der Waals surface area contributed by atoms with Gasteiger partial charge in [-0.25, -0.2) is 0 Å². The number of aliphatic imine (C=N–C) groups is 1. The van der Waals surface area contributed by atoms with Crippen LogP contribution in [0.2, 0.25) is 0 Å². The molecule has 0 aromatic carbocycles. The topological polar surface area (TPSA) is 24.4 Å². The van der Waals surface area contributed by atoms with E-state index in [1.165, 1.54) is 31.4 Å². The molecule has 2 nitrogen and oxygen atoms in total. The fraction of sp³-hybridized carbons (Fsp3) is 0.917. The Morgan fingerprint density at radius 3 is 2.40 bits per heavy atom. The van der Waals surface area contributed by atoms with E-state index in [4.69, 9.17) is 4.99 Å². The Labute approximate surface area is 97.3 Å². The minimum Gasteiger partial charge on any atom is -0.360 e. The minimum absolute atomic E-state index is 0.145. The van der Waals surface area contributed by atoms with Crippen molar-refractivity contribution in [1.29, 1.82) is 0 Å². The Bertz CT molecular complexity index is 259. The summed E-state index contributed by atoms with van der Waals surface area (Å²) >= 11 is 1.93. The Hall–Kier alpha value is -0.180. The van der Waals surface area contributed by atoms with E-state index in [-0.39, 0.29) is 5.54 Å². The predicted octanol–water partition coefficient (Wildman–Crippen LogP) is 3.04. The maximum absolute atomic E-state index is 4.72. The highest BCUT2D eigenvalue weighted by Crippen LogP contribution is 2.43. The second-order valence-corrected chi connectivity index (χ2v) is 6.96. The molecule has 0 unspecified atom stereocenters. The quantitative estimate of drug-likeness (QED) is 0.686. The van der Waals surface area contributed by atoms with Gasteiger partial charge in [-0.3, -0.25) is 4.99 Å². The minimum atomic E-state index is 0.145. The third-order valence-corrected chi connectivity index (χ3v) is 4.48. The predicted molar refractivity (Wildman–Crippen MR) is 68.5 cm³/mol. The number of hydrogen-bond donors (Lipinski definition) is 1. The average molecular weight is 226 g/mol. The maximum atomic E-state index is 4.72. The van der Waals surface area contributed by atoms with Crippen LogP contribution in [-0.2, 0) is 0 Å². The molecule has 0 aromatic heterocycles. The molecule has 0 radical (unpaired) electrons. The van der Waals surface area contributed by atoms with E-state index in [1.807, 2.05) is 11.8 Å². The first-order chi connectivity index (χ1) is 6.99. The first kappa shape index (κ1) is 11.3. The van der Waals surface area contributed by atoms with Crippen molar-refractivity contribution in [2.75, 3.05) is 12.3 Å². The first-order valence-electron chi connectivity index (χ1n) is 5.95. The molecule has 15 heavy (non-hydrogen) atoms. The fourth-order valence-electron chi connectivity index (χ4n) is 2.38. The molecule has 2 rings (SSSR count). The molecule has 0 aromatic rings. The maximum Gasteiger partial charge on any atom is 0.156 e. The monoisotopic (exact) mass is 226 g/mol. The molecule has 1 aliphatic heterocycles. The van der Waals surface area contributed by atoms with E-state index in [0.717, 1.165) is 11.7 Å². The van der Waals surface area contributed by atoms with Crippen LogP contribution >= 0.6 is 11.8 Å². The zero-order chi connectivity index (χ0) is 10.9. The summed E-state index contributed by atoms with van der Waals surface area (Å²) in [5.74, 6) is 1.27. The molecule has 0 amide bonds. The van der Waals surface area contributed by atoms with Gasteiger partial charge in [0.05, 0.1) is 0 Å². The van der Waals surface area contributed by atoms with Gasteiger partial charge < -0.3 is 5.32 Å². The number of nitrogens with one attached hydrogen (secondary N) is 1. The lowest BCUT2D eigenvalue weighted by Gasteiger charge is -2.33. The van der Waals surface area contributed by atoms with Crippen LogP contribution in [0.1, 0.15) is 46.5 Å². The van der Waals surface area contributed by atoms with Gasteiger partial charge >= 0.3 is 0 Å². The highest BCUT2D eigenvalue weighted by Gasteiger charge is 2.36. The van der Waals surface area contributed by atoms with Crippen LogP contribution in [0.5, 0.6) is 0 Å². The van der Waals surface area contributed by atoms with Crippen molar-refractivity contribution in [3.05, 3.63) is 0 Å². The second kappa shape index (κ2) is 4.00. The zero-order valence-corrected chi connectivity index (χ0v) is 10.9. The van der Waals surface area contributed by atoms with Gasteiger partial charge in [0.15, 0.2) is 5.17 Å². The largest absolute Gasteiger partial charge is 0.360 e. The summed E-state index contributed by atoms with van der Waals surface area (Å²) in [6, 6.07) is 0. The van der Waals surface area contributed by atoms with Crippen molar-refractivity contribution < 1.29 is 0 Å². The summed E-state index contributed by atoms with van der Waals surface area (Å²) < 4.78 is 0. The van der Waals surface area contributed by atoms with E-state index >= 15 is 0 Å². The van der Waals surface area contributed by atoms with E-state index in [0.29, 0.717) is 5.41 Å². The molecule has 1 N–H and O–H groups in total. The van der Waals surface area contributed by atoms with Crippen LogP contribution in [0, 0.1) is 5.41 Å². The molecule has 86 valence electrons. The van der Waals surface area contributed by atoms with E-state index in [9.17, 15) is 0 Å². The molecule has 2 aliphatic rings. The third-order valence-electron chi connectivity index (χ3n) is 3.22. The van der Waals surface area contributed by atoms with Crippen molar-refractivity contribution in [3.8, 4) is 0 Å². The van der Waals surface area contributed by atoms with Crippen LogP contribution in [0.25, 0.3) is 0 Å². The molecule has 0 saturated heterocycles. The van der Waals surface area contributed by atoms with Gasteiger partial charge in [-0.05, 0) is 39.0 Å². The van der Waals surface area contributed by atoms with Crippen LogP contribution in [0.4, 0.5) is 0 Å². The Balaban J connectivity index is 1.94. The summed E-state index contributed by atoms with van der Waals surface area (Å²) in [5.41, 5.74) is 0.708. The highest BCUT2D eigenvalue weighted by molar-refractivity contribution is 8.13. The molecule has 0 bridgehead atoms. The lowest BCUT2D eigenvalue weighted by Crippen LogP contribution is -2.42. The fourth-order valence-corrected chi connectivity index (χ4v) is 3.73. The van der Waals surface area contributed by atoms with E-state index < -0.39 is 0 Å². The van der Waals surface area contributed by atoms with Gasteiger partial charge in [0.25, 0.3) is 0 Å². The molecule has 3 heteroatoms. The van der Waals surface area contributed by atoms with Crippen LogP contribution < -0.4 is 5.32 Å². The van der Waals surface area contributed by atoms with Crippen LogP contribution in [0.3, 0.4) is 0 Å². The number of amidine groups is 1. The highest BCUT2D eigenvalue weighted by atomic mass is 32.2. The van der Waals surface area contributed by atoms with Gasteiger partial charge in [-0.1, -0.05) is 24.6 Å². The van der Waals surface area contributed by atoms with Crippen LogP contribution in [0.15, 0.2) is 4.99 Å². The lowest BCUT2D eigenvalue weighted by atomic mass is 9.89. The van der Waals surface area contributed by atoms with Gasteiger partial charge in [0, 0.05) is 17.8 Å². The van der Waals surface area contributed by atoms with E-state index in [1.54, 1.807) is 0 Å². The Morgan fingerprint density at radius 2 is 1.93 bits per heavy atom. The van der Waals surface area contributed by atoms with Gasteiger partial charge in [0.2, 0.25) is 0 Å². The lowest BCUT2D eigenvalue weighted by molar-refractivity contribution is 0.357. The summed E-state index contributed by atoms with van der Waals surface area (Å²) in [6.07, 6.45) is 5.62. The molecule has 1 heterocycles. The Kier molecular flexibility index (Phi) is 3.02.